The summed E-state index contributed by atoms with van der Waals surface area (Å²) in [6, 6.07) is 12.8. The van der Waals surface area contributed by atoms with Gasteiger partial charge in [-0.05, 0) is 55.4 Å². The van der Waals surface area contributed by atoms with Crippen molar-refractivity contribution in [3.05, 3.63) is 58.9 Å². The van der Waals surface area contributed by atoms with Crippen LogP contribution in [-0.4, -0.2) is 6.54 Å². The molecule has 0 heterocycles. The zero-order chi connectivity index (χ0) is 14.5. The van der Waals surface area contributed by atoms with Crippen LogP contribution in [0.15, 0.2) is 52.3 Å². The molecule has 0 aliphatic rings. The lowest BCUT2D eigenvalue weighted by Crippen LogP contribution is -2.17. The van der Waals surface area contributed by atoms with Crippen molar-refractivity contribution >= 4 is 23.4 Å². The second-order valence-electron chi connectivity index (χ2n) is 4.53. The summed E-state index contributed by atoms with van der Waals surface area (Å²) >= 11 is 7.87. The van der Waals surface area contributed by atoms with E-state index < -0.39 is 0 Å². The predicted octanol–water partition coefficient (Wildman–Crippen LogP) is 5.30. The number of benzene rings is 2. The Hall–Kier alpha value is -1.03. The molecule has 0 aliphatic carbocycles. The summed E-state index contributed by atoms with van der Waals surface area (Å²) in [4.78, 5) is 1.95. The average molecular weight is 310 g/mol. The highest BCUT2D eigenvalue weighted by Gasteiger charge is 2.08. The van der Waals surface area contributed by atoms with Crippen LogP contribution in [0.2, 0.25) is 5.02 Å². The second-order valence-corrected chi connectivity index (χ2v) is 6.05. The molecule has 0 saturated carbocycles. The molecule has 4 heteroatoms. The first-order valence-corrected chi connectivity index (χ1v) is 7.76. The Kier molecular flexibility index (Phi) is 5.46. The molecule has 2 rings (SSSR count). The van der Waals surface area contributed by atoms with Crippen molar-refractivity contribution in [3.63, 3.8) is 0 Å². The van der Waals surface area contributed by atoms with Crippen LogP contribution in [-0.2, 0) is 0 Å². The lowest BCUT2D eigenvalue weighted by molar-refractivity contribution is 0.598. The van der Waals surface area contributed by atoms with E-state index in [9.17, 15) is 4.39 Å². The van der Waals surface area contributed by atoms with Gasteiger partial charge in [-0.15, -0.1) is 0 Å². The third-order valence-electron chi connectivity index (χ3n) is 3.01. The highest BCUT2D eigenvalue weighted by Crippen LogP contribution is 2.34. The molecule has 0 spiro atoms. The molecule has 0 aromatic heterocycles. The molecule has 2 aromatic carbocycles. The molecule has 0 saturated heterocycles. The topological polar surface area (TPSA) is 12.0 Å². The summed E-state index contributed by atoms with van der Waals surface area (Å²) in [6.07, 6.45) is 0. The SMILES string of the molecule is CCNC(C)c1ccc(Sc2ccc(F)cc2)c(Cl)c1. The highest BCUT2D eigenvalue weighted by atomic mass is 35.5. The molecule has 1 atom stereocenters. The van der Waals surface area contributed by atoms with E-state index in [1.54, 1.807) is 12.1 Å². The van der Waals surface area contributed by atoms with Crippen molar-refractivity contribution in [2.45, 2.75) is 29.7 Å². The average Bonchev–Trinajstić information content (AvgIpc) is 2.43. The third kappa shape index (κ3) is 3.98. The maximum Gasteiger partial charge on any atom is 0.123 e. The number of hydrogen-bond donors (Lipinski definition) is 1. The maximum absolute atomic E-state index is 12.9. The summed E-state index contributed by atoms with van der Waals surface area (Å²) in [5.41, 5.74) is 1.17. The lowest BCUT2D eigenvalue weighted by Gasteiger charge is -2.14. The standard InChI is InChI=1S/C16H17ClFNS/c1-3-19-11(2)12-4-9-16(15(17)10-12)20-14-7-5-13(18)6-8-14/h4-11,19H,3H2,1-2H3. The second kappa shape index (κ2) is 7.11. The molecule has 0 radical (unpaired) electrons. The fraction of sp³-hybridized carbons (Fsp3) is 0.250. The number of nitrogens with one attached hydrogen (secondary N) is 1. The van der Waals surface area contributed by atoms with Crippen molar-refractivity contribution in [3.8, 4) is 0 Å². The zero-order valence-corrected chi connectivity index (χ0v) is 13.1. The van der Waals surface area contributed by atoms with Gasteiger partial charge in [0.2, 0.25) is 0 Å². The summed E-state index contributed by atoms with van der Waals surface area (Å²) in [5.74, 6) is -0.227. The van der Waals surface area contributed by atoms with Gasteiger partial charge in [-0.3, -0.25) is 0 Å². The van der Waals surface area contributed by atoms with E-state index >= 15 is 0 Å². The lowest BCUT2D eigenvalue weighted by atomic mass is 10.1. The van der Waals surface area contributed by atoms with Gasteiger partial charge in [-0.25, -0.2) is 4.39 Å². The normalized spacial score (nSPS) is 12.4. The van der Waals surface area contributed by atoms with E-state index in [1.807, 2.05) is 12.1 Å². The molecule has 2 aromatic rings. The first-order valence-electron chi connectivity index (χ1n) is 6.56. The molecule has 20 heavy (non-hydrogen) atoms. The quantitative estimate of drug-likeness (QED) is 0.804. The predicted molar refractivity (Wildman–Crippen MR) is 84.1 cm³/mol. The van der Waals surface area contributed by atoms with Crippen LogP contribution in [0.1, 0.15) is 25.5 Å². The summed E-state index contributed by atoms with van der Waals surface area (Å²) < 4.78 is 12.9. The van der Waals surface area contributed by atoms with E-state index in [-0.39, 0.29) is 11.9 Å². The summed E-state index contributed by atoms with van der Waals surface area (Å²) in [5, 5.41) is 4.08. The van der Waals surface area contributed by atoms with Crippen LogP contribution < -0.4 is 5.32 Å². The molecular weight excluding hydrogens is 293 g/mol. The maximum atomic E-state index is 12.9. The molecule has 1 nitrogen and oxygen atoms in total. The zero-order valence-electron chi connectivity index (χ0n) is 11.5. The monoisotopic (exact) mass is 309 g/mol. The third-order valence-corrected chi connectivity index (χ3v) is 4.52. The molecular formula is C16H17ClFNS. The van der Waals surface area contributed by atoms with Crippen molar-refractivity contribution in [2.75, 3.05) is 6.54 Å². The molecule has 0 amide bonds. The Balaban J connectivity index is 2.15. The molecule has 1 N–H and O–H groups in total. The van der Waals surface area contributed by atoms with E-state index in [0.717, 1.165) is 21.4 Å². The van der Waals surface area contributed by atoms with Crippen LogP contribution in [0.3, 0.4) is 0 Å². The number of hydrogen-bond acceptors (Lipinski definition) is 2. The van der Waals surface area contributed by atoms with Crippen LogP contribution in [0.4, 0.5) is 4.39 Å². The first kappa shape index (κ1) is 15.4. The highest BCUT2D eigenvalue weighted by molar-refractivity contribution is 7.99. The van der Waals surface area contributed by atoms with Crippen LogP contribution in [0, 0.1) is 5.82 Å². The Labute approximate surface area is 128 Å². The van der Waals surface area contributed by atoms with E-state index in [2.05, 4.69) is 25.2 Å². The van der Waals surface area contributed by atoms with Crippen LogP contribution in [0.25, 0.3) is 0 Å². The van der Waals surface area contributed by atoms with Gasteiger partial charge in [0.05, 0.1) is 5.02 Å². The van der Waals surface area contributed by atoms with Crippen molar-refractivity contribution < 1.29 is 4.39 Å². The minimum Gasteiger partial charge on any atom is -0.310 e. The van der Waals surface area contributed by atoms with Gasteiger partial charge in [0.25, 0.3) is 0 Å². The fourth-order valence-corrected chi connectivity index (χ4v) is 3.05. The molecule has 0 aliphatic heterocycles. The smallest absolute Gasteiger partial charge is 0.123 e. The van der Waals surface area contributed by atoms with Gasteiger partial charge in [0, 0.05) is 15.8 Å². The fourth-order valence-electron chi connectivity index (χ4n) is 1.92. The van der Waals surface area contributed by atoms with E-state index in [4.69, 9.17) is 11.6 Å². The largest absolute Gasteiger partial charge is 0.310 e. The Morgan fingerprint density at radius 1 is 1.20 bits per heavy atom. The summed E-state index contributed by atoms with van der Waals surface area (Å²) in [6.45, 7) is 5.11. The first-order chi connectivity index (χ1) is 9.60. The molecule has 1 unspecified atom stereocenters. The molecule has 106 valence electrons. The van der Waals surface area contributed by atoms with Gasteiger partial charge in [0.15, 0.2) is 0 Å². The summed E-state index contributed by atoms with van der Waals surface area (Å²) in [7, 11) is 0. The molecule has 0 bridgehead atoms. The Morgan fingerprint density at radius 2 is 1.90 bits per heavy atom. The van der Waals surface area contributed by atoms with Crippen LogP contribution in [0.5, 0.6) is 0 Å². The van der Waals surface area contributed by atoms with E-state index in [0.29, 0.717) is 0 Å². The van der Waals surface area contributed by atoms with Crippen molar-refractivity contribution in [1.82, 2.24) is 5.32 Å². The van der Waals surface area contributed by atoms with Gasteiger partial charge in [0.1, 0.15) is 5.82 Å². The van der Waals surface area contributed by atoms with Crippen molar-refractivity contribution in [2.24, 2.45) is 0 Å². The minimum absolute atomic E-state index is 0.227. The van der Waals surface area contributed by atoms with Gasteiger partial charge >= 0.3 is 0 Å². The van der Waals surface area contributed by atoms with Crippen LogP contribution >= 0.6 is 23.4 Å². The number of rotatable bonds is 5. The van der Waals surface area contributed by atoms with Gasteiger partial charge in [-0.2, -0.15) is 0 Å². The Morgan fingerprint density at radius 3 is 2.50 bits per heavy atom. The minimum atomic E-state index is -0.227. The van der Waals surface area contributed by atoms with Gasteiger partial charge in [-0.1, -0.05) is 36.4 Å². The number of halogens is 2. The van der Waals surface area contributed by atoms with E-state index in [1.165, 1.54) is 29.5 Å². The Bertz CT molecular complexity index is 571. The molecule has 0 fully saturated rings. The van der Waals surface area contributed by atoms with Crippen molar-refractivity contribution in [1.29, 1.82) is 0 Å². The van der Waals surface area contributed by atoms with Gasteiger partial charge < -0.3 is 5.32 Å².